The molecule has 1 saturated carbocycles. The fraction of sp³-hybridized carbons (Fsp3) is 0.769. The van der Waals surface area contributed by atoms with E-state index in [1.807, 2.05) is 0 Å². The standard InChI is InChI=1S/C13H20O2/c1-2-3-11-4-7-13(8-5-11)10-12(14)6-9-15-13/h6,9,11H,2-5,7-8,10H2,1H3. The second-order valence-electron chi connectivity index (χ2n) is 4.98. The van der Waals surface area contributed by atoms with Gasteiger partial charge in [0, 0.05) is 6.08 Å². The lowest BCUT2D eigenvalue weighted by Gasteiger charge is -2.40. The van der Waals surface area contributed by atoms with Gasteiger partial charge < -0.3 is 4.74 Å². The van der Waals surface area contributed by atoms with Gasteiger partial charge in [-0.2, -0.15) is 0 Å². The van der Waals surface area contributed by atoms with Crippen LogP contribution in [0, 0.1) is 5.92 Å². The molecule has 1 spiro atoms. The van der Waals surface area contributed by atoms with E-state index in [0.717, 1.165) is 18.8 Å². The molecule has 1 aliphatic heterocycles. The number of carbonyl (C=O) groups is 1. The van der Waals surface area contributed by atoms with Crippen molar-refractivity contribution < 1.29 is 9.53 Å². The summed E-state index contributed by atoms with van der Waals surface area (Å²) in [6, 6.07) is 0. The molecular weight excluding hydrogens is 188 g/mol. The fourth-order valence-electron chi connectivity index (χ4n) is 2.87. The maximum absolute atomic E-state index is 11.4. The number of allylic oxidation sites excluding steroid dienone is 1. The van der Waals surface area contributed by atoms with E-state index in [2.05, 4.69) is 6.92 Å². The first-order chi connectivity index (χ1) is 7.24. The molecule has 0 radical (unpaired) electrons. The third-order valence-electron chi connectivity index (χ3n) is 3.78. The maximum Gasteiger partial charge on any atom is 0.162 e. The molecule has 0 amide bonds. The predicted molar refractivity (Wildman–Crippen MR) is 59.4 cm³/mol. The van der Waals surface area contributed by atoms with Crippen LogP contribution in [-0.4, -0.2) is 11.4 Å². The zero-order valence-corrected chi connectivity index (χ0v) is 9.50. The van der Waals surface area contributed by atoms with E-state index in [-0.39, 0.29) is 11.4 Å². The first-order valence-corrected chi connectivity index (χ1v) is 6.11. The van der Waals surface area contributed by atoms with Crippen LogP contribution in [0.3, 0.4) is 0 Å². The Morgan fingerprint density at radius 2 is 2.20 bits per heavy atom. The number of hydrogen-bond acceptors (Lipinski definition) is 2. The molecular formula is C13H20O2. The van der Waals surface area contributed by atoms with E-state index in [1.54, 1.807) is 12.3 Å². The predicted octanol–water partition coefficient (Wildman–Crippen LogP) is 3.22. The molecule has 0 atom stereocenters. The number of carbonyl (C=O) groups excluding carboxylic acids is 1. The van der Waals surface area contributed by atoms with Crippen molar-refractivity contribution in [3.63, 3.8) is 0 Å². The molecule has 1 fully saturated rings. The maximum atomic E-state index is 11.4. The number of hydrogen-bond donors (Lipinski definition) is 0. The zero-order chi connectivity index (χ0) is 10.7. The number of ether oxygens (including phenoxy) is 1. The highest BCUT2D eigenvalue weighted by molar-refractivity contribution is 5.90. The molecule has 0 saturated heterocycles. The number of rotatable bonds is 2. The minimum absolute atomic E-state index is 0.129. The van der Waals surface area contributed by atoms with Gasteiger partial charge in [-0.3, -0.25) is 4.79 Å². The van der Waals surface area contributed by atoms with E-state index in [1.165, 1.54) is 25.7 Å². The van der Waals surface area contributed by atoms with Gasteiger partial charge in [0.25, 0.3) is 0 Å². The minimum atomic E-state index is -0.129. The molecule has 0 aromatic rings. The van der Waals surface area contributed by atoms with Crippen LogP contribution in [0.4, 0.5) is 0 Å². The van der Waals surface area contributed by atoms with Gasteiger partial charge in [-0.05, 0) is 31.6 Å². The average molecular weight is 208 g/mol. The van der Waals surface area contributed by atoms with Crippen LogP contribution < -0.4 is 0 Å². The first-order valence-electron chi connectivity index (χ1n) is 6.11. The smallest absolute Gasteiger partial charge is 0.162 e. The highest BCUT2D eigenvalue weighted by atomic mass is 16.5. The topological polar surface area (TPSA) is 26.3 Å². The molecule has 2 rings (SSSR count). The van der Waals surface area contributed by atoms with Gasteiger partial charge in [-0.25, -0.2) is 0 Å². The molecule has 2 heteroatoms. The third-order valence-corrected chi connectivity index (χ3v) is 3.78. The minimum Gasteiger partial charge on any atom is -0.494 e. The Hall–Kier alpha value is -0.790. The Kier molecular flexibility index (Phi) is 3.13. The van der Waals surface area contributed by atoms with E-state index < -0.39 is 0 Å². The Labute approximate surface area is 91.7 Å². The Morgan fingerprint density at radius 1 is 1.47 bits per heavy atom. The molecule has 0 aromatic heterocycles. The summed E-state index contributed by atoms with van der Waals surface area (Å²) in [7, 11) is 0. The monoisotopic (exact) mass is 208 g/mol. The normalized spacial score (nSPS) is 35.5. The third kappa shape index (κ3) is 2.42. The van der Waals surface area contributed by atoms with E-state index in [4.69, 9.17) is 4.74 Å². The van der Waals surface area contributed by atoms with Crippen molar-refractivity contribution >= 4 is 5.78 Å². The second-order valence-corrected chi connectivity index (χ2v) is 4.98. The summed E-state index contributed by atoms with van der Waals surface area (Å²) in [5.41, 5.74) is -0.129. The van der Waals surface area contributed by atoms with Crippen molar-refractivity contribution in [2.75, 3.05) is 0 Å². The quantitative estimate of drug-likeness (QED) is 0.696. The van der Waals surface area contributed by atoms with E-state index in [9.17, 15) is 4.79 Å². The molecule has 15 heavy (non-hydrogen) atoms. The lowest BCUT2D eigenvalue weighted by Crippen LogP contribution is -2.39. The largest absolute Gasteiger partial charge is 0.494 e. The SMILES string of the molecule is CCCC1CCC2(CC1)CC(=O)C=CO2. The number of ketones is 1. The van der Waals surface area contributed by atoms with Crippen LogP contribution in [0.25, 0.3) is 0 Å². The molecule has 1 aliphatic carbocycles. The molecule has 1 heterocycles. The van der Waals surface area contributed by atoms with Crippen molar-refractivity contribution in [3.05, 3.63) is 12.3 Å². The van der Waals surface area contributed by atoms with Crippen LogP contribution in [-0.2, 0) is 9.53 Å². The second kappa shape index (κ2) is 4.38. The van der Waals surface area contributed by atoms with Crippen LogP contribution in [0.15, 0.2) is 12.3 Å². The molecule has 2 aliphatic rings. The summed E-state index contributed by atoms with van der Waals surface area (Å²) in [5, 5.41) is 0. The zero-order valence-electron chi connectivity index (χ0n) is 9.50. The Morgan fingerprint density at radius 3 is 2.80 bits per heavy atom. The van der Waals surface area contributed by atoms with Gasteiger partial charge in [-0.15, -0.1) is 0 Å². The molecule has 0 unspecified atom stereocenters. The summed E-state index contributed by atoms with van der Waals surface area (Å²) in [5.74, 6) is 1.10. The molecule has 0 aromatic carbocycles. The van der Waals surface area contributed by atoms with Gasteiger partial charge >= 0.3 is 0 Å². The van der Waals surface area contributed by atoms with Crippen LogP contribution in [0.5, 0.6) is 0 Å². The highest BCUT2D eigenvalue weighted by Gasteiger charge is 2.39. The lowest BCUT2D eigenvalue weighted by molar-refractivity contribution is -0.125. The van der Waals surface area contributed by atoms with Crippen molar-refractivity contribution in [1.29, 1.82) is 0 Å². The van der Waals surface area contributed by atoms with Crippen LogP contribution in [0.2, 0.25) is 0 Å². The van der Waals surface area contributed by atoms with Gasteiger partial charge in [0.2, 0.25) is 0 Å². The lowest BCUT2D eigenvalue weighted by atomic mass is 9.74. The van der Waals surface area contributed by atoms with Crippen LogP contribution in [0.1, 0.15) is 51.9 Å². The Balaban J connectivity index is 1.91. The van der Waals surface area contributed by atoms with Crippen molar-refractivity contribution in [2.24, 2.45) is 5.92 Å². The Bertz CT molecular complexity index is 260. The summed E-state index contributed by atoms with van der Waals surface area (Å²) >= 11 is 0. The van der Waals surface area contributed by atoms with E-state index >= 15 is 0 Å². The van der Waals surface area contributed by atoms with Crippen molar-refractivity contribution in [2.45, 2.75) is 57.5 Å². The summed E-state index contributed by atoms with van der Waals surface area (Å²) in [4.78, 5) is 11.4. The van der Waals surface area contributed by atoms with Gasteiger partial charge in [-0.1, -0.05) is 19.8 Å². The van der Waals surface area contributed by atoms with Gasteiger partial charge in [0.15, 0.2) is 5.78 Å². The summed E-state index contributed by atoms with van der Waals surface area (Å²) in [6.45, 7) is 2.24. The van der Waals surface area contributed by atoms with Gasteiger partial charge in [0.1, 0.15) is 5.60 Å². The molecule has 0 bridgehead atoms. The fourth-order valence-corrected chi connectivity index (χ4v) is 2.87. The molecule has 2 nitrogen and oxygen atoms in total. The highest BCUT2D eigenvalue weighted by Crippen LogP contribution is 2.40. The average Bonchev–Trinajstić information content (AvgIpc) is 2.22. The van der Waals surface area contributed by atoms with Crippen molar-refractivity contribution in [1.82, 2.24) is 0 Å². The van der Waals surface area contributed by atoms with Crippen LogP contribution >= 0.6 is 0 Å². The van der Waals surface area contributed by atoms with Gasteiger partial charge in [0.05, 0.1) is 12.7 Å². The van der Waals surface area contributed by atoms with Crippen molar-refractivity contribution in [3.8, 4) is 0 Å². The van der Waals surface area contributed by atoms with E-state index in [0.29, 0.717) is 6.42 Å². The summed E-state index contributed by atoms with van der Waals surface area (Å²) in [6.07, 6.45) is 11.0. The molecule has 0 N–H and O–H groups in total. The summed E-state index contributed by atoms with van der Waals surface area (Å²) < 4.78 is 5.70. The first kappa shape index (κ1) is 10.7. The molecule has 84 valence electrons.